The number of aryl methyl sites for hydroxylation is 1. The van der Waals surface area contributed by atoms with E-state index in [0.717, 1.165) is 11.3 Å². The van der Waals surface area contributed by atoms with E-state index < -0.39 is 0 Å². The molecule has 0 aliphatic carbocycles. The SMILES string of the molecule is COc1ccc(-c2nc(-c3ccoc3C)no2)cc1O. The van der Waals surface area contributed by atoms with E-state index >= 15 is 0 Å². The summed E-state index contributed by atoms with van der Waals surface area (Å²) in [6.45, 7) is 1.82. The van der Waals surface area contributed by atoms with E-state index in [2.05, 4.69) is 10.1 Å². The second-order valence-electron chi connectivity index (χ2n) is 4.20. The van der Waals surface area contributed by atoms with Crippen molar-refractivity contribution in [2.24, 2.45) is 0 Å². The van der Waals surface area contributed by atoms with Gasteiger partial charge < -0.3 is 18.8 Å². The molecule has 102 valence electrons. The molecule has 2 heterocycles. The second kappa shape index (κ2) is 4.73. The summed E-state index contributed by atoms with van der Waals surface area (Å²) in [4.78, 5) is 4.29. The molecule has 6 nitrogen and oxygen atoms in total. The summed E-state index contributed by atoms with van der Waals surface area (Å²) in [7, 11) is 1.49. The fourth-order valence-corrected chi connectivity index (χ4v) is 1.89. The summed E-state index contributed by atoms with van der Waals surface area (Å²) >= 11 is 0. The topological polar surface area (TPSA) is 81.5 Å². The summed E-state index contributed by atoms with van der Waals surface area (Å²) in [5.74, 6) is 1.89. The first kappa shape index (κ1) is 12.3. The Morgan fingerprint density at radius 3 is 2.75 bits per heavy atom. The molecule has 6 heteroatoms. The van der Waals surface area contributed by atoms with Gasteiger partial charge in [-0.2, -0.15) is 4.98 Å². The van der Waals surface area contributed by atoms with Crippen LogP contribution in [-0.4, -0.2) is 22.4 Å². The molecule has 0 amide bonds. The molecule has 3 rings (SSSR count). The van der Waals surface area contributed by atoms with Gasteiger partial charge in [-0.05, 0) is 31.2 Å². The average Bonchev–Trinajstić information content (AvgIpc) is 3.07. The number of phenols is 1. The predicted octanol–water partition coefficient (Wildman–Crippen LogP) is 3.02. The van der Waals surface area contributed by atoms with Gasteiger partial charge in [-0.1, -0.05) is 5.16 Å². The lowest BCUT2D eigenvalue weighted by Crippen LogP contribution is -1.85. The van der Waals surface area contributed by atoms with Crippen molar-refractivity contribution in [1.82, 2.24) is 10.1 Å². The molecule has 0 atom stereocenters. The minimum atomic E-state index is 0.0178. The zero-order chi connectivity index (χ0) is 14.1. The lowest BCUT2D eigenvalue weighted by molar-refractivity contribution is 0.373. The second-order valence-corrected chi connectivity index (χ2v) is 4.20. The number of hydrogen-bond acceptors (Lipinski definition) is 6. The van der Waals surface area contributed by atoms with Crippen LogP contribution in [0.15, 0.2) is 39.5 Å². The van der Waals surface area contributed by atoms with Gasteiger partial charge in [0.15, 0.2) is 11.5 Å². The van der Waals surface area contributed by atoms with E-state index in [-0.39, 0.29) is 5.75 Å². The highest BCUT2D eigenvalue weighted by atomic mass is 16.5. The maximum Gasteiger partial charge on any atom is 0.258 e. The van der Waals surface area contributed by atoms with Gasteiger partial charge in [0.2, 0.25) is 5.82 Å². The summed E-state index contributed by atoms with van der Waals surface area (Å²) in [5, 5.41) is 13.7. The van der Waals surface area contributed by atoms with E-state index in [4.69, 9.17) is 13.7 Å². The van der Waals surface area contributed by atoms with Gasteiger partial charge >= 0.3 is 0 Å². The van der Waals surface area contributed by atoms with Crippen LogP contribution in [0.4, 0.5) is 0 Å². The van der Waals surface area contributed by atoms with Crippen molar-refractivity contribution in [3.05, 3.63) is 36.3 Å². The number of rotatable bonds is 3. The van der Waals surface area contributed by atoms with Crippen molar-refractivity contribution in [2.75, 3.05) is 7.11 Å². The third kappa shape index (κ3) is 2.01. The summed E-state index contributed by atoms with van der Waals surface area (Å²) in [5.41, 5.74) is 1.39. The molecule has 0 radical (unpaired) electrons. The number of hydrogen-bond donors (Lipinski definition) is 1. The molecule has 1 N–H and O–H groups in total. The standard InChI is InChI=1S/C14H12N2O4/c1-8-10(5-6-19-8)13-15-14(20-16-13)9-3-4-12(18-2)11(17)7-9/h3-7,17H,1-2H3. The molecule has 0 aliphatic rings. The van der Waals surface area contributed by atoms with E-state index in [1.54, 1.807) is 24.5 Å². The van der Waals surface area contributed by atoms with Crippen LogP contribution in [0.2, 0.25) is 0 Å². The molecule has 0 saturated heterocycles. The molecule has 0 unspecified atom stereocenters. The molecule has 20 heavy (non-hydrogen) atoms. The van der Waals surface area contributed by atoms with Crippen molar-refractivity contribution in [2.45, 2.75) is 6.92 Å². The van der Waals surface area contributed by atoms with Crippen LogP contribution in [0, 0.1) is 6.92 Å². The smallest absolute Gasteiger partial charge is 0.258 e. The first-order valence-electron chi connectivity index (χ1n) is 5.94. The Morgan fingerprint density at radius 1 is 1.25 bits per heavy atom. The molecule has 0 bridgehead atoms. The Hall–Kier alpha value is -2.76. The van der Waals surface area contributed by atoms with Crippen molar-refractivity contribution in [1.29, 1.82) is 0 Å². The number of ether oxygens (including phenoxy) is 1. The molecule has 3 aromatic rings. The maximum atomic E-state index is 9.76. The highest BCUT2D eigenvalue weighted by Crippen LogP contribution is 2.31. The van der Waals surface area contributed by atoms with Crippen LogP contribution in [0.5, 0.6) is 11.5 Å². The first-order chi connectivity index (χ1) is 9.69. The van der Waals surface area contributed by atoms with Crippen LogP contribution >= 0.6 is 0 Å². The minimum Gasteiger partial charge on any atom is -0.504 e. The summed E-state index contributed by atoms with van der Waals surface area (Å²) in [6.07, 6.45) is 1.57. The number of nitrogens with zero attached hydrogens (tertiary/aromatic N) is 2. The Bertz CT molecular complexity index is 745. The van der Waals surface area contributed by atoms with Crippen molar-refractivity contribution < 1.29 is 18.8 Å². The first-order valence-corrected chi connectivity index (χ1v) is 5.94. The normalized spacial score (nSPS) is 10.7. The largest absolute Gasteiger partial charge is 0.504 e. The third-order valence-corrected chi connectivity index (χ3v) is 2.95. The Balaban J connectivity index is 1.98. The van der Waals surface area contributed by atoms with Gasteiger partial charge in [-0.3, -0.25) is 0 Å². The monoisotopic (exact) mass is 272 g/mol. The number of benzene rings is 1. The molecule has 0 saturated carbocycles. The van der Waals surface area contributed by atoms with Crippen LogP contribution in [0.1, 0.15) is 5.76 Å². The quantitative estimate of drug-likeness (QED) is 0.789. The Labute approximate surface area is 114 Å². The fraction of sp³-hybridized carbons (Fsp3) is 0.143. The van der Waals surface area contributed by atoms with E-state index in [0.29, 0.717) is 23.0 Å². The molecule has 0 aliphatic heterocycles. The predicted molar refractivity (Wildman–Crippen MR) is 70.4 cm³/mol. The fourth-order valence-electron chi connectivity index (χ4n) is 1.89. The Morgan fingerprint density at radius 2 is 2.10 bits per heavy atom. The molecular formula is C14H12N2O4. The minimum absolute atomic E-state index is 0.0178. The highest BCUT2D eigenvalue weighted by molar-refractivity contribution is 5.63. The van der Waals surface area contributed by atoms with E-state index in [1.165, 1.54) is 13.2 Å². The van der Waals surface area contributed by atoms with Gasteiger partial charge in [0.25, 0.3) is 5.89 Å². The summed E-state index contributed by atoms with van der Waals surface area (Å²) in [6, 6.07) is 6.66. The lowest BCUT2D eigenvalue weighted by Gasteiger charge is -2.03. The number of furan rings is 1. The molecule has 1 aromatic carbocycles. The summed E-state index contributed by atoms with van der Waals surface area (Å²) < 4.78 is 15.4. The van der Waals surface area contributed by atoms with Gasteiger partial charge in [-0.15, -0.1) is 0 Å². The average molecular weight is 272 g/mol. The van der Waals surface area contributed by atoms with Gasteiger partial charge in [0.1, 0.15) is 5.76 Å². The van der Waals surface area contributed by atoms with Gasteiger partial charge in [0.05, 0.1) is 18.9 Å². The van der Waals surface area contributed by atoms with Crippen LogP contribution in [0.25, 0.3) is 22.8 Å². The lowest BCUT2D eigenvalue weighted by atomic mass is 10.2. The van der Waals surface area contributed by atoms with Crippen LogP contribution in [0.3, 0.4) is 0 Å². The molecule has 0 spiro atoms. The third-order valence-electron chi connectivity index (χ3n) is 2.95. The van der Waals surface area contributed by atoms with Crippen molar-refractivity contribution in [3.63, 3.8) is 0 Å². The van der Waals surface area contributed by atoms with E-state index in [1.807, 2.05) is 6.92 Å². The highest BCUT2D eigenvalue weighted by Gasteiger charge is 2.15. The zero-order valence-corrected chi connectivity index (χ0v) is 11.0. The Kier molecular flexibility index (Phi) is 2.90. The zero-order valence-electron chi connectivity index (χ0n) is 11.0. The number of phenolic OH excluding ortho intramolecular Hbond substituents is 1. The number of aromatic nitrogens is 2. The molecule has 0 fully saturated rings. The van der Waals surface area contributed by atoms with Gasteiger partial charge in [0, 0.05) is 5.56 Å². The van der Waals surface area contributed by atoms with Crippen LogP contribution < -0.4 is 4.74 Å². The molecule has 2 aromatic heterocycles. The van der Waals surface area contributed by atoms with Crippen molar-refractivity contribution in [3.8, 4) is 34.3 Å². The van der Waals surface area contributed by atoms with E-state index in [9.17, 15) is 5.11 Å². The van der Waals surface area contributed by atoms with Crippen LogP contribution in [-0.2, 0) is 0 Å². The molecular weight excluding hydrogens is 260 g/mol. The number of methoxy groups -OCH3 is 1. The number of aromatic hydroxyl groups is 1. The van der Waals surface area contributed by atoms with Gasteiger partial charge in [-0.25, -0.2) is 0 Å². The maximum absolute atomic E-state index is 9.76. The van der Waals surface area contributed by atoms with Crippen molar-refractivity contribution >= 4 is 0 Å².